The summed E-state index contributed by atoms with van der Waals surface area (Å²) in [6.45, 7) is 2.91. The maximum Gasteiger partial charge on any atom is 0.326 e. The van der Waals surface area contributed by atoms with Gasteiger partial charge in [-0.25, -0.2) is 4.79 Å². The minimum atomic E-state index is -1.15. The van der Waals surface area contributed by atoms with Crippen molar-refractivity contribution in [2.45, 2.75) is 38.8 Å². The average molecular weight is 408 g/mol. The van der Waals surface area contributed by atoms with E-state index in [1.165, 1.54) is 12.1 Å². The molecule has 0 aliphatic heterocycles. The standard InChI is InChI=1S/C19H28N4O6/c1-11(2)7-15(19(28)29)23-17(26)10-21-18(27)14(22-16(25)9-20)8-12-3-5-13(24)6-4-12/h3-6,11,14-15,24H,7-10,20H2,1-2H3,(H,21,27)(H,22,25)(H,23,26)(H,28,29). The zero-order chi connectivity index (χ0) is 22.0. The van der Waals surface area contributed by atoms with E-state index in [1.54, 1.807) is 12.1 Å². The number of hydrogen-bond donors (Lipinski definition) is 6. The molecule has 1 aromatic rings. The number of amides is 3. The van der Waals surface area contributed by atoms with Crippen molar-refractivity contribution in [2.75, 3.05) is 13.1 Å². The molecule has 29 heavy (non-hydrogen) atoms. The van der Waals surface area contributed by atoms with Gasteiger partial charge in [0.05, 0.1) is 13.1 Å². The molecule has 0 saturated heterocycles. The van der Waals surface area contributed by atoms with E-state index < -0.39 is 42.3 Å². The number of carbonyl (C=O) groups excluding carboxylic acids is 3. The van der Waals surface area contributed by atoms with Crippen LogP contribution in [-0.2, 0) is 25.6 Å². The summed E-state index contributed by atoms with van der Waals surface area (Å²) in [4.78, 5) is 47.3. The number of aliphatic carboxylic acids is 1. The number of nitrogens with two attached hydrogens (primary N) is 1. The third-order valence-electron chi connectivity index (χ3n) is 3.98. The van der Waals surface area contributed by atoms with Crippen LogP contribution in [-0.4, -0.2) is 59.1 Å². The third-order valence-corrected chi connectivity index (χ3v) is 3.98. The lowest BCUT2D eigenvalue weighted by Crippen LogP contribution is -2.52. The van der Waals surface area contributed by atoms with E-state index in [4.69, 9.17) is 10.8 Å². The van der Waals surface area contributed by atoms with Gasteiger partial charge in [-0.15, -0.1) is 0 Å². The van der Waals surface area contributed by atoms with E-state index in [0.29, 0.717) is 5.56 Å². The molecule has 1 aromatic carbocycles. The topological polar surface area (TPSA) is 171 Å². The number of hydrogen-bond acceptors (Lipinski definition) is 6. The number of carbonyl (C=O) groups is 4. The molecule has 0 aliphatic rings. The first-order chi connectivity index (χ1) is 13.6. The van der Waals surface area contributed by atoms with Crippen LogP contribution >= 0.6 is 0 Å². The van der Waals surface area contributed by atoms with Gasteiger partial charge in [0.25, 0.3) is 0 Å². The molecule has 0 bridgehead atoms. The van der Waals surface area contributed by atoms with Crippen LogP contribution in [0.1, 0.15) is 25.8 Å². The average Bonchev–Trinajstić information content (AvgIpc) is 2.66. The molecule has 0 aromatic heterocycles. The summed E-state index contributed by atoms with van der Waals surface area (Å²) in [5.41, 5.74) is 5.96. The number of phenolic OH excluding ortho intramolecular Hbond substituents is 1. The Morgan fingerprint density at radius 2 is 1.59 bits per heavy atom. The van der Waals surface area contributed by atoms with Gasteiger partial charge < -0.3 is 31.9 Å². The van der Waals surface area contributed by atoms with Gasteiger partial charge in [0.1, 0.15) is 17.8 Å². The van der Waals surface area contributed by atoms with Crippen molar-refractivity contribution in [3.63, 3.8) is 0 Å². The Hall–Kier alpha value is -3.14. The van der Waals surface area contributed by atoms with Gasteiger partial charge in [0, 0.05) is 6.42 Å². The Morgan fingerprint density at radius 3 is 2.10 bits per heavy atom. The highest BCUT2D eigenvalue weighted by Crippen LogP contribution is 2.11. The molecule has 2 unspecified atom stereocenters. The lowest BCUT2D eigenvalue weighted by atomic mass is 10.0. The van der Waals surface area contributed by atoms with Crippen molar-refractivity contribution in [3.05, 3.63) is 29.8 Å². The second-order valence-electron chi connectivity index (χ2n) is 7.00. The Morgan fingerprint density at radius 1 is 1.00 bits per heavy atom. The number of carboxylic acid groups (broad SMARTS) is 1. The number of benzene rings is 1. The van der Waals surface area contributed by atoms with Gasteiger partial charge in [0.2, 0.25) is 17.7 Å². The number of aromatic hydroxyl groups is 1. The van der Waals surface area contributed by atoms with Crippen LogP contribution in [0.4, 0.5) is 0 Å². The number of carboxylic acids is 1. The molecule has 0 saturated carbocycles. The van der Waals surface area contributed by atoms with Crippen LogP contribution in [0.2, 0.25) is 0 Å². The summed E-state index contributed by atoms with van der Waals surface area (Å²) in [6, 6.07) is 4.05. The molecule has 0 spiro atoms. The summed E-state index contributed by atoms with van der Waals surface area (Å²) in [5.74, 6) is -2.85. The second kappa shape index (κ2) is 11.6. The van der Waals surface area contributed by atoms with Gasteiger partial charge in [0.15, 0.2) is 0 Å². The van der Waals surface area contributed by atoms with Gasteiger partial charge in [-0.05, 0) is 30.0 Å². The summed E-state index contributed by atoms with van der Waals surface area (Å²) >= 11 is 0. The molecule has 160 valence electrons. The zero-order valence-corrected chi connectivity index (χ0v) is 16.5. The van der Waals surface area contributed by atoms with Crippen molar-refractivity contribution in [1.29, 1.82) is 0 Å². The van der Waals surface area contributed by atoms with Crippen LogP contribution in [0.25, 0.3) is 0 Å². The van der Waals surface area contributed by atoms with E-state index in [9.17, 15) is 24.3 Å². The van der Waals surface area contributed by atoms with Crippen molar-refractivity contribution in [3.8, 4) is 5.75 Å². The maximum absolute atomic E-state index is 12.5. The Kier molecular flexibility index (Phi) is 9.60. The first-order valence-corrected chi connectivity index (χ1v) is 9.19. The van der Waals surface area contributed by atoms with Crippen LogP contribution in [0.15, 0.2) is 24.3 Å². The molecule has 10 nitrogen and oxygen atoms in total. The predicted octanol–water partition coefficient (Wildman–Crippen LogP) is -0.890. The summed E-state index contributed by atoms with van der Waals surface area (Å²) in [5, 5.41) is 25.7. The largest absolute Gasteiger partial charge is 0.508 e. The minimum Gasteiger partial charge on any atom is -0.508 e. The zero-order valence-electron chi connectivity index (χ0n) is 16.5. The monoisotopic (exact) mass is 408 g/mol. The van der Waals surface area contributed by atoms with Crippen LogP contribution in [0, 0.1) is 5.92 Å². The smallest absolute Gasteiger partial charge is 0.326 e. The highest BCUT2D eigenvalue weighted by Gasteiger charge is 2.24. The third kappa shape index (κ3) is 9.06. The molecule has 2 atom stereocenters. The quantitative estimate of drug-likeness (QED) is 0.276. The van der Waals surface area contributed by atoms with Crippen molar-refractivity contribution in [1.82, 2.24) is 16.0 Å². The highest BCUT2D eigenvalue weighted by atomic mass is 16.4. The van der Waals surface area contributed by atoms with Crippen molar-refractivity contribution in [2.24, 2.45) is 11.7 Å². The molecule has 0 fully saturated rings. The molecule has 0 aliphatic carbocycles. The van der Waals surface area contributed by atoms with Gasteiger partial charge in [-0.2, -0.15) is 0 Å². The fraction of sp³-hybridized carbons (Fsp3) is 0.474. The highest BCUT2D eigenvalue weighted by molar-refractivity contribution is 5.92. The molecule has 7 N–H and O–H groups in total. The normalized spacial score (nSPS) is 12.7. The van der Waals surface area contributed by atoms with Gasteiger partial charge in [-0.1, -0.05) is 26.0 Å². The van der Waals surface area contributed by atoms with Gasteiger partial charge in [-0.3, -0.25) is 14.4 Å². The Labute approximate surface area is 168 Å². The molecule has 0 heterocycles. The fourth-order valence-corrected chi connectivity index (χ4v) is 2.56. The summed E-state index contributed by atoms with van der Waals surface area (Å²) in [6.07, 6.45) is 0.371. The predicted molar refractivity (Wildman–Crippen MR) is 105 cm³/mol. The van der Waals surface area contributed by atoms with Crippen LogP contribution in [0.3, 0.4) is 0 Å². The van der Waals surface area contributed by atoms with Crippen LogP contribution in [0.5, 0.6) is 5.75 Å². The minimum absolute atomic E-state index is 0.0619. The Balaban J connectivity index is 2.70. The number of phenols is 1. The van der Waals surface area contributed by atoms with E-state index in [2.05, 4.69) is 16.0 Å². The van der Waals surface area contributed by atoms with Crippen molar-refractivity contribution >= 4 is 23.7 Å². The molecular formula is C19H28N4O6. The molecule has 0 radical (unpaired) electrons. The van der Waals surface area contributed by atoms with E-state index >= 15 is 0 Å². The summed E-state index contributed by atoms with van der Waals surface area (Å²) < 4.78 is 0. The maximum atomic E-state index is 12.5. The van der Waals surface area contributed by atoms with Gasteiger partial charge >= 0.3 is 5.97 Å². The number of rotatable bonds is 11. The lowest BCUT2D eigenvalue weighted by molar-refractivity contribution is -0.142. The molecule has 10 heteroatoms. The SMILES string of the molecule is CC(C)CC(NC(=O)CNC(=O)C(Cc1ccc(O)cc1)NC(=O)CN)C(=O)O. The molecule has 1 rings (SSSR count). The van der Waals surface area contributed by atoms with Crippen LogP contribution < -0.4 is 21.7 Å². The van der Waals surface area contributed by atoms with E-state index in [0.717, 1.165) is 0 Å². The molecular weight excluding hydrogens is 380 g/mol. The second-order valence-corrected chi connectivity index (χ2v) is 7.00. The fourth-order valence-electron chi connectivity index (χ4n) is 2.56. The first-order valence-electron chi connectivity index (χ1n) is 9.19. The first kappa shape index (κ1) is 23.9. The lowest BCUT2D eigenvalue weighted by Gasteiger charge is -2.19. The van der Waals surface area contributed by atoms with E-state index in [-0.39, 0.29) is 31.1 Å². The number of nitrogens with one attached hydrogen (secondary N) is 3. The van der Waals surface area contributed by atoms with Crippen molar-refractivity contribution < 1.29 is 29.4 Å². The summed E-state index contributed by atoms with van der Waals surface area (Å²) in [7, 11) is 0. The Bertz CT molecular complexity index is 720. The molecule has 3 amide bonds. The van der Waals surface area contributed by atoms with E-state index in [1.807, 2.05) is 13.8 Å².